The van der Waals surface area contributed by atoms with Crippen LogP contribution in [0.2, 0.25) is 0 Å². The van der Waals surface area contributed by atoms with E-state index in [0.717, 1.165) is 0 Å². The van der Waals surface area contributed by atoms with Gasteiger partial charge in [-0.3, -0.25) is 4.79 Å². The summed E-state index contributed by atoms with van der Waals surface area (Å²) < 4.78 is 10.0. The van der Waals surface area contributed by atoms with Crippen LogP contribution in [0, 0.1) is 0 Å². The molecular weight excluding hydrogens is 222 g/mol. The molecule has 0 atom stereocenters. The summed E-state index contributed by atoms with van der Waals surface area (Å²) in [5, 5.41) is 0.294. The summed E-state index contributed by atoms with van der Waals surface area (Å²) in [7, 11) is 1.47. The average Bonchev–Trinajstić information content (AvgIpc) is 2.27. The molecule has 0 saturated heterocycles. The number of ketones is 1. The second kappa shape index (κ2) is 4.37. The van der Waals surface area contributed by atoms with Gasteiger partial charge in [-0.15, -0.1) is 0 Å². The molecule has 0 amide bonds. The third-order valence-corrected chi connectivity index (χ3v) is 2.28. The first-order valence-electron chi connectivity index (χ1n) is 5.08. The number of nitrogens with zero attached hydrogens (tertiary/aromatic N) is 1. The third kappa shape index (κ3) is 2.18. The van der Waals surface area contributed by atoms with Gasteiger partial charge in [0.1, 0.15) is 16.9 Å². The number of hydrogen-bond acceptors (Lipinski definition) is 5. The Kier molecular flexibility index (Phi) is 2.91. The number of carbonyl (C=O) groups is 1. The number of Topliss-reactive ketones (excluding diaryl/α,β-unsaturated/α-hetero) is 1. The topological polar surface area (TPSA) is 69.4 Å². The van der Waals surface area contributed by atoms with Gasteiger partial charge in [-0.25, -0.2) is 9.78 Å². The van der Waals surface area contributed by atoms with Gasteiger partial charge in [0.05, 0.1) is 19.0 Å². The van der Waals surface area contributed by atoms with Crippen LogP contribution in [-0.2, 0) is 11.2 Å². The largest absolute Gasteiger partial charge is 0.496 e. The molecule has 0 aliphatic heterocycles. The fourth-order valence-electron chi connectivity index (χ4n) is 1.59. The lowest BCUT2D eigenvalue weighted by atomic mass is 10.2. The predicted molar refractivity (Wildman–Crippen MR) is 61.2 cm³/mol. The van der Waals surface area contributed by atoms with E-state index in [1.54, 1.807) is 18.2 Å². The highest BCUT2D eigenvalue weighted by molar-refractivity contribution is 5.84. The molecule has 0 fully saturated rings. The van der Waals surface area contributed by atoms with Crippen LogP contribution in [0.3, 0.4) is 0 Å². The van der Waals surface area contributed by atoms with Crippen LogP contribution >= 0.6 is 0 Å². The highest BCUT2D eigenvalue weighted by atomic mass is 16.5. The molecule has 0 spiro atoms. The zero-order chi connectivity index (χ0) is 12.4. The fraction of sp³-hybridized carbons (Fsp3) is 0.250. The smallest absolute Gasteiger partial charge is 0.350 e. The van der Waals surface area contributed by atoms with Gasteiger partial charge in [-0.2, -0.15) is 0 Å². The Labute approximate surface area is 97.0 Å². The number of rotatable bonds is 3. The molecule has 0 aliphatic rings. The summed E-state index contributed by atoms with van der Waals surface area (Å²) in [6.07, 6.45) is 0.0163. The van der Waals surface area contributed by atoms with Crippen molar-refractivity contribution in [3.63, 3.8) is 0 Å². The van der Waals surface area contributed by atoms with Crippen molar-refractivity contribution in [1.29, 1.82) is 0 Å². The van der Waals surface area contributed by atoms with E-state index in [-0.39, 0.29) is 18.1 Å². The van der Waals surface area contributed by atoms with Gasteiger partial charge in [0.25, 0.3) is 0 Å². The van der Waals surface area contributed by atoms with E-state index < -0.39 is 5.63 Å². The Hall–Kier alpha value is -2.17. The highest BCUT2D eigenvalue weighted by Crippen LogP contribution is 2.20. The molecule has 2 aromatic rings. The Morgan fingerprint density at radius 2 is 2.24 bits per heavy atom. The SMILES string of the molecule is COc1cccc2nc(CC(C)=O)oc(=O)c12. The Morgan fingerprint density at radius 3 is 2.88 bits per heavy atom. The molecule has 0 radical (unpaired) electrons. The van der Waals surface area contributed by atoms with Gasteiger partial charge in [0.2, 0.25) is 5.89 Å². The molecule has 0 unspecified atom stereocenters. The van der Waals surface area contributed by atoms with Crippen molar-refractivity contribution >= 4 is 16.7 Å². The number of carbonyl (C=O) groups excluding carboxylic acids is 1. The van der Waals surface area contributed by atoms with E-state index in [4.69, 9.17) is 9.15 Å². The molecule has 2 rings (SSSR count). The maximum absolute atomic E-state index is 11.8. The summed E-state index contributed by atoms with van der Waals surface area (Å²) in [5.41, 5.74) is -0.0689. The zero-order valence-electron chi connectivity index (χ0n) is 9.52. The lowest BCUT2D eigenvalue weighted by molar-refractivity contribution is -0.116. The first-order valence-corrected chi connectivity index (χ1v) is 5.08. The summed E-state index contributed by atoms with van der Waals surface area (Å²) in [4.78, 5) is 26.8. The molecule has 88 valence electrons. The van der Waals surface area contributed by atoms with Crippen molar-refractivity contribution in [2.45, 2.75) is 13.3 Å². The standard InChI is InChI=1S/C12H11NO4/c1-7(14)6-10-13-8-4-3-5-9(16-2)11(8)12(15)17-10/h3-5H,6H2,1-2H3. The van der Waals surface area contributed by atoms with Crippen molar-refractivity contribution in [3.8, 4) is 5.75 Å². The van der Waals surface area contributed by atoms with Crippen LogP contribution in [0.5, 0.6) is 5.75 Å². The summed E-state index contributed by atoms with van der Waals surface area (Å²) in [6, 6.07) is 5.06. The normalized spacial score (nSPS) is 10.5. The van der Waals surface area contributed by atoms with Gasteiger partial charge in [-0.05, 0) is 19.1 Å². The van der Waals surface area contributed by atoms with Crippen LogP contribution in [0.25, 0.3) is 10.9 Å². The van der Waals surface area contributed by atoms with Crippen molar-refractivity contribution in [2.75, 3.05) is 7.11 Å². The van der Waals surface area contributed by atoms with E-state index >= 15 is 0 Å². The Bertz CT molecular complexity index is 630. The first kappa shape index (κ1) is 11.3. The highest BCUT2D eigenvalue weighted by Gasteiger charge is 2.11. The third-order valence-electron chi connectivity index (χ3n) is 2.28. The molecule has 5 heteroatoms. The Morgan fingerprint density at radius 1 is 1.47 bits per heavy atom. The number of aromatic nitrogens is 1. The average molecular weight is 233 g/mol. The van der Waals surface area contributed by atoms with Gasteiger partial charge in [-0.1, -0.05) is 6.07 Å². The minimum absolute atomic E-state index is 0.0163. The monoisotopic (exact) mass is 233 g/mol. The van der Waals surface area contributed by atoms with Crippen LogP contribution in [0.1, 0.15) is 12.8 Å². The summed E-state index contributed by atoms with van der Waals surface area (Å²) in [5.74, 6) is 0.435. The molecule has 0 N–H and O–H groups in total. The Balaban J connectivity index is 2.67. The number of hydrogen-bond donors (Lipinski definition) is 0. The van der Waals surface area contributed by atoms with Crippen LogP contribution in [0.4, 0.5) is 0 Å². The molecule has 1 aromatic heterocycles. The summed E-state index contributed by atoms with van der Waals surface area (Å²) in [6.45, 7) is 1.41. The van der Waals surface area contributed by atoms with Crippen LogP contribution in [-0.4, -0.2) is 17.9 Å². The maximum Gasteiger partial charge on any atom is 0.350 e. The second-order valence-electron chi connectivity index (χ2n) is 3.63. The maximum atomic E-state index is 11.8. The number of ether oxygens (including phenoxy) is 1. The van der Waals surface area contributed by atoms with Crippen molar-refractivity contribution in [2.24, 2.45) is 0 Å². The van der Waals surface area contributed by atoms with Gasteiger partial charge in [0, 0.05) is 0 Å². The van der Waals surface area contributed by atoms with Crippen molar-refractivity contribution in [3.05, 3.63) is 34.5 Å². The lowest BCUT2D eigenvalue weighted by Crippen LogP contribution is -2.09. The molecule has 0 bridgehead atoms. The van der Waals surface area contributed by atoms with Crippen LogP contribution in [0.15, 0.2) is 27.4 Å². The van der Waals surface area contributed by atoms with Gasteiger partial charge < -0.3 is 9.15 Å². The van der Waals surface area contributed by atoms with E-state index in [1.807, 2.05) is 0 Å². The molecule has 1 heterocycles. The molecule has 17 heavy (non-hydrogen) atoms. The number of benzene rings is 1. The molecular formula is C12H11NO4. The molecule has 1 aromatic carbocycles. The lowest BCUT2D eigenvalue weighted by Gasteiger charge is -2.04. The fourth-order valence-corrected chi connectivity index (χ4v) is 1.59. The minimum Gasteiger partial charge on any atom is -0.496 e. The number of methoxy groups -OCH3 is 1. The van der Waals surface area contributed by atoms with Crippen molar-refractivity contribution < 1.29 is 13.9 Å². The minimum atomic E-state index is -0.538. The zero-order valence-corrected chi connectivity index (χ0v) is 9.52. The molecule has 0 aliphatic carbocycles. The quantitative estimate of drug-likeness (QED) is 0.799. The van der Waals surface area contributed by atoms with E-state index in [2.05, 4.69) is 4.98 Å². The van der Waals surface area contributed by atoms with Gasteiger partial charge >= 0.3 is 5.63 Å². The van der Waals surface area contributed by atoms with E-state index in [1.165, 1.54) is 14.0 Å². The summed E-state index contributed by atoms with van der Waals surface area (Å²) >= 11 is 0. The number of fused-ring (bicyclic) bond motifs is 1. The predicted octanol–water partition coefficient (Wildman–Crippen LogP) is 1.33. The second-order valence-corrected chi connectivity index (χ2v) is 3.63. The van der Waals surface area contributed by atoms with E-state index in [9.17, 15) is 9.59 Å². The molecule has 5 nitrogen and oxygen atoms in total. The van der Waals surface area contributed by atoms with Crippen molar-refractivity contribution in [1.82, 2.24) is 4.98 Å². The van der Waals surface area contributed by atoms with Gasteiger partial charge in [0.15, 0.2) is 0 Å². The van der Waals surface area contributed by atoms with E-state index in [0.29, 0.717) is 16.7 Å². The first-order chi connectivity index (χ1) is 8.11. The van der Waals surface area contributed by atoms with Crippen LogP contribution < -0.4 is 10.4 Å². The molecule has 0 saturated carbocycles.